The molecule has 0 saturated heterocycles. The van der Waals surface area contributed by atoms with E-state index in [1.807, 2.05) is 6.92 Å². The first-order valence-electron chi connectivity index (χ1n) is 2.60. The number of hydrogen-bond donors (Lipinski definition) is 2. The lowest BCUT2D eigenvalue weighted by Gasteiger charge is -2.12. The summed E-state index contributed by atoms with van der Waals surface area (Å²) in [7, 11) is 0. The van der Waals surface area contributed by atoms with Crippen molar-refractivity contribution in [3.63, 3.8) is 0 Å². The Labute approximate surface area is 48.5 Å². The molecule has 0 aromatic heterocycles. The lowest BCUT2D eigenvalue weighted by Crippen LogP contribution is -2.40. The fraction of sp³-hybridized carbons (Fsp3) is 0.800. The zero-order chi connectivity index (χ0) is 6.62. The maximum atomic E-state index is 9.84. The second kappa shape index (κ2) is 2.79. The van der Waals surface area contributed by atoms with Gasteiger partial charge in [0.2, 0.25) is 0 Å². The summed E-state index contributed by atoms with van der Waals surface area (Å²) in [5, 5.41) is 8.73. The van der Waals surface area contributed by atoms with E-state index in [-0.39, 0.29) is 0 Å². The molecule has 0 fully saturated rings. The van der Waals surface area contributed by atoms with E-state index in [0.29, 0.717) is 19.1 Å². The molecule has 1 atom stereocenters. The van der Waals surface area contributed by atoms with Gasteiger partial charge in [0, 0.05) is 0 Å². The zero-order valence-corrected chi connectivity index (χ0v) is 4.92. The molecule has 0 spiro atoms. The van der Waals surface area contributed by atoms with Crippen molar-refractivity contribution in [1.82, 2.24) is 0 Å². The smallest absolute Gasteiger partial charge is 0.169 e. The van der Waals surface area contributed by atoms with Crippen LogP contribution in [0.3, 0.4) is 0 Å². The van der Waals surface area contributed by atoms with Gasteiger partial charge in [0.1, 0.15) is 0 Å². The van der Waals surface area contributed by atoms with E-state index in [4.69, 9.17) is 10.8 Å². The van der Waals surface area contributed by atoms with Crippen molar-refractivity contribution < 1.29 is 9.90 Å². The van der Waals surface area contributed by atoms with Gasteiger partial charge in [-0.1, -0.05) is 13.3 Å². The highest BCUT2D eigenvalue weighted by Gasteiger charge is 2.16. The van der Waals surface area contributed by atoms with Crippen molar-refractivity contribution in [2.24, 2.45) is 5.73 Å². The van der Waals surface area contributed by atoms with Crippen molar-refractivity contribution in [1.29, 1.82) is 0 Å². The van der Waals surface area contributed by atoms with Crippen LogP contribution >= 0.6 is 0 Å². The summed E-state index contributed by atoms with van der Waals surface area (Å²) in [5.41, 5.74) is 3.43. The van der Waals surface area contributed by atoms with Crippen LogP contribution in [0.4, 0.5) is 0 Å². The predicted molar refractivity (Wildman–Crippen MR) is 30.1 cm³/mol. The van der Waals surface area contributed by atoms with Gasteiger partial charge in [0.25, 0.3) is 0 Å². The molecule has 0 amide bonds. The monoisotopic (exact) mass is 117 g/mol. The van der Waals surface area contributed by atoms with Gasteiger partial charge in [0.05, 0.1) is 0 Å². The van der Waals surface area contributed by atoms with Crippen LogP contribution in [0.1, 0.15) is 19.8 Å². The Morgan fingerprint density at radius 3 is 2.50 bits per heavy atom. The van der Waals surface area contributed by atoms with Gasteiger partial charge in [0.15, 0.2) is 12.0 Å². The molecule has 0 aliphatic carbocycles. The van der Waals surface area contributed by atoms with Gasteiger partial charge >= 0.3 is 0 Å². The van der Waals surface area contributed by atoms with Crippen molar-refractivity contribution in [3.05, 3.63) is 0 Å². The van der Waals surface area contributed by atoms with E-state index in [1.54, 1.807) is 0 Å². The van der Waals surface area contributed by atoms with Crippen LogP contribution in [0, 0.1) is 0 Å². The third-order valence-corrected chi connectivity index (χ3v) is 0.855. The van der Waals surface area contributed by atoms with Gasteiger partial charge < -0.3 is 5.11 Å². The van der Waals surface area contributed by atoms with E-state index in [1.165, 1.54) is 0 Å². The van der Waals surface area contributed by atoms with E-state index in [9.17, 15) is 4.79 Å². The van der Waals surface area contributed by atoms with Crippen LogP contribution in [0.15, 0.2) is 0 Å². The maximum Gasteiger partial charge on any atom is 0.169 e. The fourth-order valence-corrected chi connectivity index (χ4v) is 0.459. The Hall–Kier alpha value is -0.410. The Morgan fingerprint density at radius 1 is 1.88 bits per heavy atom. The molecule has 0 aliphatic heterocycles. The summed E-state index contributed by atoms with van der Waals surface area (Å²) in [6, 6.07) is 0. The zero-order valence-electron chi connectivity index (χ0n) is 4.92. The SMILES string of the molecule is CCCC(N)(O)C=O. The first-order valence-corrected chi connectivity index (χ1v) is 2.60. The molecule has 0 aromatic carbocycles. The Kier molecular flexibility index (Phi) is 2.65. The highest BCUT2D eigenvalue weighted by molar-refractivity contribution is 5.60. The van der Waals surface area contributed by atoms with Crippen LogP contribution in [0.5, 0.6) is 0 Å². The first kappa shape index (κ1) is 7.59. The summed E-state index contributed by atoms with van der Waals surface area (Å²) >= 11 is 0. The topological polar surface area (TPSA) is 63.3 Å². The van der Waals surface area contributed by atoms with E-state index in [2.05, 4.69) is 0 Å². The van der Waals surface area contributed by atoms with Crippen LogP contribution in [-0.2, 0) is 4.79 Å². The van der Waals surface area contributed by atoms with Gasteiger partial charge in [-0.25, -0.2) is 0 Å². The third-order valence-electron chi connectivity index (χ3n) is 0.855. The maximum absolute atomic E-state index is 9.84. The molecule has 0 aromatic rings. The molecule has 1 unspecified atom stereocenters. The highest BCUT2D eigenvalue weighted by Crippen LogP contribution is 1.99. The van der Waals surface area contributed by atoms with Crippen molar-refractivity contribution in [3.8, 4) is 0 Å². The van der Waals surface area contributed by atoms with Crippen LogP contribution in [-0.4, -0.2) is 17.1 Å². The van der Waals surface area contributed by atoms with E-state index < -0.39 is 5.72 Å². The summed E-state index contributed by atoms with van der Waals surface area (Å²) < 4.78 is 0. The summed E-state index contributed by atoms with van der Waals surface area (Å²) in [5.74, 6) is 0. The average molecular weight is 117 g/mol. The molecular weight excluding hydrogens is 106 g/mol. The van der Waals surface area contributed by atoms with E-state index >= 15 is 0 Å². The molecule has 3 heteroatoms. The summed E-state index contributed by atoms with van der Waals surface area (Å²) in [6.07, 6.45) is 1.40. The largest absolute Gasteiger partial charge is 0.369 e. The lowest BCUT2D eigenvalue weighted by atomic mass is 10.1. The number of carbonyl (C=O) groups is 1. The minimum atomic E-state index is -1.59. The Balaban J connectivity index is 3.53. The van der Waals surface area contributed by atoms with E-state index in [0.717, 1.165) is 0 Å². The molecule has 0 rings (SSSR count). The molecule has 0 radical (unpaired) electrons. The molecule has 0 bridgehead atoms. The number of aliphatic hydroxyl groups is 1. The highest BCUT2D eigenvalue weighted by atomic mass is 16.3. The second-order valence-electron chi connectivity index (χ2n) is 1.86. The van der Waals surface area contributed by atoms with Gasteiger partial charge in [-0.05, 0) is 6.42 Å². The Morgan fingerprint density at radius 2 is 2.38 bits per heavy atom. The second-order valence-corrected chi connectivity index (χ2v) is 1.86. The number of nitrogens with two attached hydrogens (primary N) is 1. The number of aldehydes is 1. The first-order chi connectivity index (χ1) is 3.62. The third kappa shape index (κ3) is 2.71. The van der Waals surface area contributed by atoms with Gasteiger partial charge in [-0.3, -0.25) is 10.5 Å². The fourth-order valence-electron chi connectivity index (χ4n) is 0.459. The van der Waals surface area contributed by atoms with Crippen LogP contribution in [0.25, 0.3) is 0 Å². The standard InChI is InChI=1S/C5H11NO2/c1-2-3-5(6,8)4-7/h4,8H,2-3,6H2,1H3. The molecule has 0 saturated carbocycles. The quantitative estimate of drug-likeness (QED) is 0.391. The van der Waals surface area contributed by atoms with Crippen molar-refractivity contribution >= 4 is 6.29 Å². The van der Waals surface area contributed by atoms with Gasteiger partial charge in [-0.15, -0.1) is 0 Å². The molecule has 3 N–H and O–H groups in total. The molecule has 8 heavy (non-hydrogen) atoms. The lowest BCUT2D eigenvalue weighted by molar-refractivity contribution is -0.124. The number of rotatable bonds is 3. The molecule has 0 heterocycles. The van der Waals surface area contributed by atoms with Gasteiger partial charge in [-0.2, -0.15) is 0 Å². The summed E-state index contributed by atoms with van der Waals surface area (Å²) in [4.78, 5) is 9.84. The molecule has 48 valence electrons. The predicted octanol–water partition coefficient (Wildman–Crippen LogP) is -0.367. The number of hydrogen-bond acceptors (Lipinski definition) is 3. The summed E-state index contributed by atoms with van der Waals surface area (Å²) in [6.45, 7) is 1.85. The Bertz CT molecular complexity index is 80.5. The number of carbonyl (C=O) groups excluding carboxylic acids is 1. The normalized spacial score (nSPS) is 17.4. The minimum Gasteiger partial charge on any atom is -0.369 e. The minimum absolute atomic E-state index is 0.330. The molecular formula is C5H11NO2. The van der Waals surface area contributed by atoms with Crippen LogP contribution in [0.2, 0.25) is 0 Å². The van der Waals surface area contributed by atoms with Crippen molar-refractivity contribution in [2.45, 2.75) is 25.5 Å². The molecule has 3 nitrogen and oxygen atoms in total. The average Bonchev–Trinajstić information content (AvgIpc) is 1.67. The van der Waals surface area contributed by atoms with Crippen LogP contribution < -0.4 is 5.73 Å². The molecule has 0 aliphatic rings. The van der Waals surface area contributed by atoms with Crippen molar-refractivity contribution in [2.75, 3.05) is 0 Å².